The van der Waals surface area contributed by atoms with Gasteiger partial charge in [-0.1, -0.05) is 23.7 Å². The normalized spacial score (nSPS) is 18.1. The number of H-pyrrole nitrogens is 1. The summed E-state index contributed by atoms with van der Waals surface area (Å²) in [6, 6.07) is 14.2. The lowest BCUT2D eigenvalue weighted by Gasteiger charge is -2.33. The summed E-state index contributed by atoms with van der Waals surface area (Å²) in [6.45, 7) is 1.97. The highest BCUT2D eigenvalue weighted by Gasteiger charge is 2.33. The van der Waals surface area contributed by atoms with Crippen molar-refractivity contribution < 1.29 is 23.1 Å². The first-order chi connectivity index (χ1) is 18.2. The number of carboxylic acids is 1. The van der Waals surface area contributed by atoms with E-state index in [-0.39, 0.29) is 36.5 Å². The van der Waals surface area contributed by atoms with Crippen molar-refractivity contribution in [3.05, 3.63) is 59.1 Å². The van der Waals surface area contributed by atoms with Crippen LogP contribution in [0.3, 0.4) is 0 Å². The van der Waals surface area contributed by atoms with E-state index in [9.17, 15) is 18.0 Å². The van der Waals surface area contributed by atoms with Crippen molar-refractivity contribution in [2.75, 3.05) is 32.7 Å². The highest BCUT2D eigenvalue weighted by Crippen LogP contribution is 2.25. The number of fused-ring (bicyclic) bond motifs is 1. The smallest absolute Gasteiger partial charge is 0.306 e. The van der Waals surface area contributed by atoms with Crippen molar-refractivity contribution in [3.63, 3.8) is 0 Å². The van der Waals surface area contributed by atoms with Crippen LogP contribution >= 0.6 is 11.6 Å². The van der Waals surface area contributed by atoms with Gasteiger partial charge in [0.25, 0.3) is 10.0 Å². The van der Waals surface area contributed by atoms with Gasteiger partial charge in [0.2, 0.25) is 5.91 Å². The standard InChI is InChI=1S/C26H28ClN5O5S/c27-21-3-6-23-20(13-21)14-24(29-23)38(36,37)32-12-11-31(25(33)16-32)15-18-1-4-22(5-2-18)28-17-30-9-7-19(8-10-30)26(34)35/h1-6,13-14,17,19,29H,7-12,15-16H2,(H,34,35). The molecule has 0 aliphatic carbocycles. The van der Waals surface area contributed by atoms with E-state index >= 15 is 0 Å². The zero-order chi connectivity index (χ0) is 26.9. The molecule has 2 saturated heterocycles. The molecule has 3 heterocycles. The topological polar surface area (TPSA) is 126 Å². The number of benzene rings is 2. The maximum atomic E-state index is 13.2. The number of aliphatic imine (C=N–C) groups is 1. The molecule has 0 bridgehead atoms. The molecule has 0 saturated carbocycles. The number of piperidine rings is 1. The summed E-state index contributed by atoms with van der Waals surface area (Å²) in [5, 5.41) is 10.4. The number of likely N-dealkylation sites (tertiary alicyclic amines) is 1. The van der Waals surface area contributed by atoms with Crippen molar-refractivity contribution in [1.29, 1.82) is 0 Å². The van der Waals surface area contributed by atoms with Gasteiger partial charge in [-0.2, -0.15) is 4.31 Å². The number of nitrogens with zero attached hydrogens (tertiary/aromatic N) is 4. The van der Waals surface area contributed by atoms with Gasteiger partial charge in [-0.15, -0.1) is 0 Å². The number of rotatable bonds is 7. The van der Waals surface area contributed by atoms with E-state index in [2.05, 4.69) is 9.98 Å². The Morgan fingerprint density at radius 2 is 1.82 bits per heavy atom. The molecule has 2 aromatic carbocycles. The van der Waals surface area contributed by atoms with Gasteiger partial charge in [0.05, 0.1) is 24.5 Å². The fourth-order valence-electron chi connectivity index (χ4n) is 4.73. The highest BCUT2D eigenvalue weighted by molar-refractivity contribution is 7.89. The summed E-state index contributed by atoms with van der Waals surface area (Å²) in [6.07, 6.45) is 2.97. The van der Waals surface area contributed by atoms with Crippen LogP contribution < -0.4 is 0 Å². The zero-order valence-electron chi connectivity index (χ0n) is 20.6. The molecule has 3 aromatic rings. The maximum Gasteiger partial charge on any atom is 0.306 e. The van der Waals surface area contributed by atoms with Gasteiger partial charge in [-0.05, 0) is 54.8 Å². The largest absolute Gasteiger partial charge is 0.481 e. The predicted molar refractivity (Wildman–Crippen MR) is 144 cm³/mol. The van der Waals surface area contributed by atoms with Gasteiger partial charge in [0.1, 0.15) is 5.03 Å². The maximum absolute atomic E-state index is 13.2. The minimum atomic E-state index is -3.86. The molecule has 0 radical (unpaired) electrons. The molecule has 1 amide bonds. The Labute approximate surface area is 225 Å². The fraction of sp³-hybridized carbons (Fsp3) is 0.346. The predicted octanol–water partition coefficient (Wildman–Crippen LogP) is 3.31. The minimum Gasteiger partial charge on any atom is -0.481 e. The molecule has 2 aliphatic heterocycles. The Kier molecular flexibility index (Phi) is 7.42. The number of carbonyl (C=O) groups excluding carboxylic acids is 1. The van der Waals surface area contributed by atoms with Gasteiger partial charge in [0, 0.05) is 48.6 Å². The van der Waals surface area contributed by atoms with Crippen LogP contribution in [0.15, 0.2) is 58.5 Å². The fourth-order valence-corrected chi connectivity index (χ4v) is 6.31. The highest BCUT2D eigenvalue weighted by atomic mass is 35.5. The molecule has 0 atom stereocenters. The van der Waals surface area contributed by atoms with Gasteiger partial charge < -0.3 is 19.9 Å². The number of halogens is 1. The molecule has 1 aromatic heterocycles. The third kappa shape index (κ3) is 5.69. The number of carbonyl (C=O) groups is 2. The molecule has 12 heteroatoms. The van der Waals surface area contributed by atoms with Crippen LogP contribution in [0.25, 0.3) is 10.9 Å². The Morgan fingerprint density at radius 3 is 2.50 bits per heavy atom. The molecule has 5 rings (SSSR count). The number of hydrogen-bond donors (Lipinski definition) is 2. The van der Waals surface area contributed by atoms with E-state index in [4.69, 9.17) is 16.7 Å². The lowest BCUT2D eigenvalue weighted by molar-refractivity contribution is -0.143. The van der Waals surface area contributed by atoms with Crippen molar-refractivity contribution in [3.8, 4) is 0 Å². The summed E-state index contributed by atoms with van der Waals surface area (Å²) in [5.74, 6) is -1.28. The molecular formula is C26H28ClN5O5S. The van der Waals surface area contributed by atoms with Crippen molar-refractivity contribution in [2.45, 2.75) is 24.4 Å². The molecule has 200 valence electrons. The van der Waals surface area contributed by atoms with Crippen LogP contribution in [-0.2, 0) is 26.2 Å². The first-order valence-corrected chi connectivity index (χ1v) is 14.2. The summed E-state index contributed by atoms with van der Waals surface area (Å²) in [5.41, 5.74) is 2.34. The Hall–Kier alpha value is -3.41. The SMILES string of the molecule is O=C(O)C1CCN(C=Nc2ccc(CN3CCN(S(=O)(=O)c4cc5cc(Cl)ccc5[nH]4)CC3=O)cc2)CC1. The van der Waals surface area contributed by atoms with Crippen LogP contribution in [-0.4, -0.2) is 83.6 Å². The Morgan fingerprint density at radius 1 is 1.08 bits per heavy atom. The van der Waals surface area contributed by atoms with Crippen LogP contribution in [0.2, 0.25) is 5.02 Å². The summed E-state index contributed by atoms with van der Waals surface area (Å²) in [7, 11) is -3.86. The van der Waals surface area contributed by atoms with Gasteiger partial charge in [0.15, 0.2) is 0 Å². The molecule has 0 spiro atoms. The van der Waals surface area contributed by atoms with Gasteiger partial charge in [-0.25, -0.2) is 13.4 Å². The van der Waals surface area contributed by atoms with Gasteiger partial charge in [-0.3, -0.25) is 9.59 Å². The van der Waals surface area contributed by atoms with Crippen molar-refractivity contribution in [2.24, 2.45) is 10.9 Å². The molecule has 2 N–H and O–H groups in total. The number of nitrogens with one attached hydrogen (secondary N) is 1. The zero-order valence-corrected chi connectivity index (χ0v) is 22.2. The van der Waals surface area contributed by atoms with Crippen LogP contribution in [0.1, 0.15) is 18.4 Å². The first kappa shape index (κ1) is 26.2. The van der Waals surface area contributed by atoms with E-state index in [1.165, 1.54) is 10.4 Å². The quantitative estimate of drug-likeness (QED) is 0.339. The van der Waals surface area contributed by atoms with E-state index in [1.54, 1.807) is 29.4 Å². The van der Waals surface area contributed by atoms with Crippen LogP contribution in [0.4, 0.5) is 5.69 Å². The van der Waals surface area contributed by atoms with Crippen LogP contribution in [0, 0.1) is 5.92 Å². The molecule has 10 nitrogen and oxygen atoms in total. The number of piperazine rings is 1. The second-order valence-corrected chi connectivity index (χ2v) is 11.9. The Balaban J connectivity index is 1.16. The third-order valence-electron chi connectivity index (χ3n) is 7.02. The van der Waals surface area contributed by atoms with E-state index in [0.717, 1.165) is 11.3 Å². The number of hydrogen-bond acceptors (Lipinski definition) is 5. The Bertz CT molecular complexity index is 1480. The number of aromatic nitrogens is 1. The summed E-state index contributed by atoms with van der Waals surface area (Å²) in [4.78, 5) is 35.0. The molecule has 2 aliphatic rings. The lowest BCUT2D eigenvalue weighted by atomic mass is 9.98. The van der Waals surface area contributed by atoms with E-state index in [1.807, 2.05) is 29.2 Å². The van der Waals surface area contributed by atoms with E-state index in [0.29, 0.717) is 48.4 Å². The molecular weight excluding hydrogens is 530 g/mol. The van der Waals surface area contributed by atoms with Crippen molar-refractivity contribution >= 4 is 56.4 Å². The minimum absolute atomic E-state index is 0.0402. The lowest BCUT2D eigenvalue weighted by Crippen LogP contribution is -2.51. The average Bonchev–Trinajstić information content (AvgIpc) is 3.34. The first-order valence-electron chi connectivity index (χ1n) is 12.4. The second kappa shape index (κ2) is 10.8. The number of sulfonamides is 1. The number of carboxylic acid groups (broad SMARTS) is 1. The summed E-state index contributed by atoms with van der Waals surface area (Å²) >= 11 is 6.01. The van der Waals surface area contributed by atoms with E-state index < -0.39 is 16.0 Å². The molecule has 2 fully saturated rings. The van der Waals surface area contributed by atoms with Crippen molar-refractivity contribution in [1.82, 2.24) is 19.1 Å². The summed E-state index contributed by atoms with van der Waals surface area (Å²) < 4.78 is 27.5. The monoisotopic (exact) mass is 557 g/mol. The number of aliphatic carboxylic acids is 1. The van der Waals surface area contributed by atoms with Gasteiger partial charge >= 0.3 is 5.97 Å². The third-order valence-corrected chi connectivity index (χ3v) is 9.02. The number of amides is 1. The average molecular weight is 558 g/mol. The molecule has 0 unspecified atom stereocenters. The second-order valence-electron chi connectivity index (χ2n) is 9.58. The number of aromatic amines is 1. The van der Waals surface area contributed by atoms with Crippen LogP contribution in [0.5, 0.6) is 0 Å². The molecule has 38 heavy (non-hydrogen) atoms.